The number of hydrogen-bond donors (Lipinski definition) is 2. The van der Waals surface area contributed by atoms with E-state index in [4.69, 9.17) is 0 Å². The molecule has 6 heteroatoms. The molecule has 1 heterocycles. The molecule has 0 saturated carbocycles. The first-order chi connectivity index (χ1) is 9.60. The van der Waals surface area contributed by atoms with Crippen LogP contribution in [0.2, 0.25) is 0 Å². The molecular weight excluding hydrogens is 260 g/mol. The van der Waals surface area contributed by atoms with Gasteiger partial charge in [-0.2, -0.15) is 0 Å². The lowest BCUT2D eigenvalue weighted by atomic mass is 10.1. The summed E-state index contributed by atoms with van der Waals surface area (Å²) >= 11 is 0. The summed E-state index contributed by atoms with van der Waals surface area (Å²) in [5.41, 5.74) is 0.951. The van der Waals surface area contributed by atoms with Gasteiger partial charge in [0.25, 0.3) is 5.91 Å². The third-order valence-corrected chi connectivity index (χ3v) is 2.83. The van der Waals surface area contributed by atoms with Gasteiger partial charge in [0.15, 0.2) is 0 Å². The Morgan fingerprint density at radius 1 is 1.30 bits per heavy atom. The van der Waals surface area contributed by atoms with E-state index in [1.54, 1.807) is 6.08 Å². The van der Waals surface area contributed by atoms with Crippen molar-refractivity contribution >= 4 is 23.9 Å². The number of esters is 1. The Labute approximate surface area is 115 Å². The van der Waals surface area contributed by atoms with Crippen molar-refractivity contribution in [2.75, 3.05) is 7.11 Å². The van der Waals surface area contributed by atoms with E-state index in [0.717, 1.165) is 5.56 Å². The van der Waals surface area contributed by atoms with E-state index in [9.17, 15) is 14.4 Å². The zero-order valence-electron chi connectivity index (χ0n) is 10.9. The SMILES string of the molecule is COC(=O)CC1NC(=O)/C(=C/c2ccccc2)NC1=O. The van der Waals surface area contributed by atoms with Crippen LogP contribution in [0.15, 0.2) is 36.0 Å². The van der Waals surface area contributed by atoms with Gasteiger partial charge < -0.3 is 15.4 Å². The maximum atomic E-state index is 11.9. The zero-order valence-corrected chi connectivity index (χ0v) is 10.9. The van der Waals surface area contributed by atoms with Gasteiger partial charge in [0.1, 0.15) is 11.7 Å². The smallest absolute Gasteiger partial charge is 0.308 e. The Kier molecular flexibility index (Phi) is 4.14. The summed E-state index contributed by atoms with van der Waals surface area (Å²) in [6.45, 7) is 0. The minimum absolute atomic E-state index is 0.155. The molecule has 2 N–H and O–H groups in total. The molecule has 1 fully saturated rings. The molecular formula is C14H14N2O4. The van der Waals surface area contributed by atoms with E-state index < -0.39 is 23.8 Å². The highest BCUT2D eigenvalue weighted by Crippen LogP contribution is 2.09. The number of piperazine rings is 1. The molecule has 104 valence electrons. The maximum Gasteiger partial charge on any atom is 0.308 e. The lowest BCUT2D eigenvalue weighted by molar-refractivity contribution is -0.144. The molecule has 0 spiro atoms. The number of carbonyl (C=O) groups is 3. The van der Waals surface area contributed by atoms with Gasteiger partial charge in [0.2, 0.25) is 5.91 Å². The van der Waals surface area contributed by atoms with Crippen LogP contribution in [0, 0.1) is 0 Å². The summed E-state index contributed by atoms with van der Waals surface area (Å²) in [6.07, 6.45) is 1.38. The first-order valence-electron chi connectivity index (χ1n) is 6.05. The van der Waals surface area contributed by atoms with Crippen LogP contribution >= 0.6 is 0 Å². The fraction of sp³-hybridized carbons (Fsp3) is 0.214. The number of carbonyl (C=O) groups excluding carboxylic acids is 3. The van der Waals surface area contributed by atoms with Gasteiger partial charge in [-0.05, 0) is 11.6 Å². The second kappa shape index (κ2) is 6.01. The van der Waals surface area contributed by atoms with Gasteiger partial charge in [-0.1, -0.05) is 30.3 Å². The van der Waals surface area contributed by atoms with Crippen LogP contribution in [0.4, 0.5) is 0 Å². The molecule has 1 aromatic carbocycles. The number of hydrogen-bond acceptors (Lipinski definition) is 4. The average molecular weight is 274 g/mol. The molecule has 1 atom stereocenters. The van der Waals surface area contributed by atoms with Gasteiger partial charge in [0, 0.05) is 0 Å². The molecule has 1 aromatic rings. The highest BCUT2D eigenvalue weighted by atomic mass is 16.5. The van der Waals surface area contributed by atoms with Crippen molar-refractivity contribution in [1.82, 2.24) is 10.6 Å². The molecule has 1 aliphatic heterocycles. The Morgan fingerprint density at radius 3 is 2.65 bits per heavy atom. The number of rotatable bonds is 3. The molecule has 0 radical (unpaired) electrons. The van der Waals surface area contributed by atoms with Crippen molar-refractivity contribution in [3.05, 3.63) is 41.6 Å². The van der Waals surface area contributed by atoms with Crippen LogP contribution < -0.4 is 10.6 Å². The maximum absolute atomic E-state index is 11.9. The van der Waals surface area contributed by atoms with E-state index in [0.29, 0.717) is 0 Å². The molecule has 1 aliphatic rings. The quantitative estimate of drug-likeness (QED) is 0.609. The Morgan fingerprint density at radius 2 is 2.00 bits per heavy atom. The third-order valence-electron chi connectivity index (χ3n) is 2.83. The van der Waals surface area contributed by atoms with Gasteiger partial charge in [-0.3, -0.25) is 14.4 Å². The van der Waals surface area contributed by atoms with Crippen molar-refractivity contribution in [2.45, 2.75) is 12.5 Å². The van der Waals surface area contributed by atoms with E-state index in [-0.39, 0.29) is 12.1 Å². The van der Waals surface area contributed by atoms with E-state index >= 15 is 0 Å². The molecule has 20 heavy (non-hydrogen) atoms. The average Bonchev–Trinajstić information content (AvgIpc) is 2.45. The topological polar surface area (TPSA) is 84.5 Å². The standard InChI is InChI=1S/C14H14N2O4/c1-20-12(17)8-11-14(19)15-10(13(18)16-11)7-9-5-3-2-4-6-9/h2-7,11H,8H2,1H3,(H,15,19)(H,16,18)/b10-7-. The summed E-state index contributed by atoms with van der Waals surface area (Å²) in [5, 5.41) is 4.98. The first-order valence-corrected chi connectivity index (χ1v) is 6.05. The number of ether oxygens (including phenoxy) is 1. The molecule has 0 aromatic heterocycles. The predicted octanol–water partition coefficient (Wildman–Crippen LogP) is 0.205. The normalized spacial score (nSPS) is 20.2. The van der Waals surface area contributed by atoms with E-state index in [1.165, 1.54) is 7.11 Å². The first kappa shape index (κ1) is 13.8. The summed E-state index contributed by atoms with van der Waals surface area (Å²) in [7, 11) is 1.23. The number of benzene rings is 1. The number of nitrogens with one attached hydrogen (secondary N) is 2. The third kappa shape index (κ3) is 3.23. The molecule has 2 amide bonds. The molecule has 1 saturated heterocycles. The monoisotopic (exact) mass is 274 g/mol. The van der Waals surface area contributed by atoms with Crippen LogP contribution in [0.1, 0.15) is 12.0 Å². The van der Waals surface area contributed by atoms with Crippen molar-refractivity contribution in [3.8, 4) is 0 Å². The Balaban J connectivity index is 2.11. The van der Waals surface area contributed by atoms with Crippen LogP contribution in [-0.4, -0.2) is 30.9 Å². The van der Waals surface area contributed by atoms with E-state index in [1.807, 2.05) is 30.3 Å². The Bertz CT molecular complexity index is 566. The van der Waals surface area contributed by atoms with Crippen molar-refractivity contribution in [3.63, 3.8) is 0 Å². The predicted molar refractivity (Wildman–Crippen MR) is 71.1 cm³/mol. The van der Waals surface area contributed by atoms with Gasteiger partial charge >= 0.3 is 5.97 Å². The second-order valence-corrected chi connectivity index (χ2v) is 4.26. The lowest BCUT2D eigenvalue weighted by Gasteiger charge is -2.24. The Hall–Kier alpha value is -2.63. The fourth-order valence-electron chi connectivity index (χ4n) is 1.79. The van der Waals surface area contributed by atoms with Crippen LogP contribution in [0.3, 0.4) is 0 Å². The highest BCUT2D eigenvalue weighted by molar-refractivity contribution is 6.08. The van der Waals surface area contributed by atoms with Gasteiger partial charge in [0.05, 0.1) is 13.5 Å². The van der Waals surface area contributed by atoms with Crippen molar-refractivity contribution < 1.29 is 19.1 Å². The second-order valence-electron chi connectivity index (χ2n) is 4.26. The summed E-state index contributed by atoms with van der Waals surface area (Å²) < 4.78 is 4.47. The number of amides is 2. The minimum atomic E-state index is -0.900. The fourth-order valence-corrected chi connectivity index (χ4v) is 1.79. The number of methoxy groups -OCH3 is 1. The largest absolute Gasteiger partial charge is 0.469 e. The molecule has 6 nitrogen and oxygen atoms in total. The van der Waals surface area contributed by atoms with Crippen LogP contribution in [0.25, 0.3) is 6.08 Å². The van der Waals surface area contributed by atoms with Crippen molar-refractivity contribution in [2.24, 2.45) is 0 Å². The minimum Gasteiger partial charge on any atom is -0.469 e. The molecule has 0 aliphatic carbocycles. The van der Waals surface area contributed by atoms with E-state index in [2.05, 4.69) is 15.4 Å². The highest BCUT2D eigenvalue weighted by Gasteiger charge is 2.31. The van der Waals surface area contributed by atoms with Crippen LogP contribution in [-0.2, 0) is 19.1 Å². The molecule has 0 bridgehead atoms. The summed E-state index contributed by atoms with van der Waals surface area (Å²) in [5.74, 6) is -1.42. The lowest BCUT2D eigenvalue weighted by Crippen LogP contribution is -2.55. The molecule has 1 unspecified atom stereocenters. The van der Waals surface area contributed by atoms with Crippen LogP contribution in [0.5, 0.6) is 0 Å². The summed E-state index contributed by atoms with van der Waals surface area (Å²) in [6, 6.07) is 8.24. The zero-order chi connectivity index (χ0) is 14.5. The summed E-state index contributed by atoms with van der Waals surface area (Å²) in [4.78, 5) is 34.8. The van der Waals surface area contributed by atoms with Crippen molar-refractivity contribution in [1.29, 1.82) is 0 Å². The molecule has 2 rings (SSSR count). The van der Waals surface area contributed by atoms with Gasteiger partial charge in [-0.15, -0.1) is 0 Å². The van der Waals surface area contributed by atoms with Gasteiger partial charge in [-0.25, -0.2) is 0 Å².